The Bertz CT molecular complexity index is 389. The van der Waals surface area contributed by atoms with Crippen molar-refractivity contribution >= 4 is 0 Å². The predicted octanol–water partition coefficient (Wildman–Crippen LogP) is 2.09. The van der Waals surface area contributed by atoms with Crippen molar-refractivity contribution in [1.29, 1.82) is 0 Å². The molecular weight excluding hydrogens is 226 g/mol. The van der Waals surface area contributed by atoms with Crippen LogP contribution in [-0.4, -0.2) is 35.1 Å². The first-order valence-corrected chi connectivity index (χ1v) is 7.10. The third kappa shape index (κ3) is 2.31. The zero-order chi connectivity index (χ0) is 12.5. The van der Waals surface area contributed by atoms with Crippen LogP contribution in [0.15, 0.2) is 10.6 Å². The normalized spacial score (nSPS) is 32.7. The van der Waals surface area contributed by atoms with Crippen molar-refractivity contribution < 1.29 is 4.42 Å². The molecule has 3 heterocycles. The number of piperidine rings is 2. The van der Waals surface area contributed by atoms with Gasteiger partial charge in [0.05, 0.1) is 12.7 Å². The Morgan fingerprint density at radius 3 is 2.67 bits per heavy atom. The van der Waals surface area contributed by atoms with E-state index in [4.69, 9.17) is 4.42 Å². The van der Waals surface area contributed by atoms with Crippen molar-refractivity contribution in [1.82, 2.24) is 15.2 Å². The highest BCUT2D eigenvalue weighted by Crippen LogP contribution is 2.34. The van der Waals surface area contributed by atoms with Crippen LogP contribution in [0.2, 0.25) is 0 Å². The number of fused-ring (bicyclic) bond motifs is 2. The third-order valence-electron chi connectivity index (χ3n) is 4.52. The molecule has 0 spiro atoms. The Labute approximate surface area is 109 Å². The molecule has 100 valence electrons. The molecular formula is C14H23N3O. The average molecular weight is 249 g/mol. The standard InChI is InChI=1S/C14H23N3O/c1-10-8-16-14(18-10)9-17-12-4-3-5-13(17)7-11(6-12)15-2/h8,11-13,15H,3-7,9H2,1-2H3. The Morgan fingerprint density at radius 2 is 2.11 bits per heavy atom. The van der Waals surface area contributed by atoms with Gasteiger partial charge in [-0.1, -0.05) is 6.42 Å². The number of oxazole rings is 1. The van der Waals surface area contributed by atoms with Crippen LogP contribution in [0.1, 0.15) is 43.8 Å². The lowest BCUT2D eigenvalue weighted by molar-refractivity contribution is 0.0126. The van der Waals surface area contributed by atoms with E-state index < -0.39 is 0 Å². The summed E-state index contributed by atoms with van der Waals surface area (Å²) in [6, 6.07) is 2.12. The van der Waals surface area contributed by atoms with E-state index in [9.17, 15) is 0 Å². The zero-order valence-electron chi connectivity index (χ0n) is 11.4. The number of aryl methyl sites for hydroxylation is 1. The third-order valence-corrected chi connectivity index (χ3v) is 4.52. The molecule has 2 fully saturated rings. The molecule has 3 rings (SSSR count). The van der Waals surface area contributed by atoms with Gasteiger partial charge in [-0.05, 0) is 39.7 Å². The Balaban J connectivity index is 1.71. The molecule has 0 amide bonds. The van der Waals surface area contributed by atoms with Crippen LogP contribution in [0.4, 0.5) is 0 Å². The first-order chi connectivity index (χ1) is 8.76. The monoisotopic (exact) mass is 249 g/mol. The van der Waals surface area contributed by atoms with Gasteiger partial charge in [-0.2, -0.15) is 0 Å². The van der Waals surface area contributed by atoms with E-state index in [0.717, 1.165) is 18.2 Å². The number of hydrogen-bond acceptors (Lipinski definition) is 4. The van der Waals surface area contributed by atoms with Gasteiger partial charge >= 0.3 is 0 Å². The van der Waals surface area contributed by atoms with E-state index in [-0.39, 0.29) is 0 Å². The number of aromatic nitrogens is 1. The van der Waals surface area contributed by atoms with Crippen LogP contribution in [0.25, 0.3) is 0 Å². The summed E-state index contributed by atoms with van der Waals surface area (Å²) < 4.78 is 5.64. The highest BCUT2D eigenvalue weighted by atomic mass is 16.4. The molecule has 1 N–H and O–H groups in total. The van der Waals surface area contributed by atoms with Crippen LogP contribution in [0.5, 0.6) is 0 Å². The minimum Gasteiger partial charge on any atom is -0.445 e. The minimum atomic E-state index is 0.697. The molecule has 0 saturated carbocycles. The molecule has 0 radical (unpaired) electrons. The molecule has 0 aliphatic carbocycles. The fourth-order valence-corrected chi connectivity index (χ4v) is 3.60. The van der Waals surface area contributed by atoms with Gasteiger partial charge < -0.3 is 9.73 Å². The summed E-state index contributed by atoms with van der Waals surface area (Å²) in [5.74, 6) is 1.80. The van der Waals surface area contributed by atoms with Gasteiger partial charge in [0.1, 0.15) is 5.76 Å². The maximum Gasteiger partial charge on any atom is 0.208 e. The van der Waals surface area contributed by atoms with Crippen molar-refractivity contribution in [3.05, 3.63) is 17.8 Å². The number of nitrogens with zero attached hydrogens (tertiary/aromatic N) is 2. The molecule has 1 aromatic rings. The molecule has 2 saturated heterocycles. The maximum absolute atomic E-state index is 5.64. The fraction of sp³-hybridized carbons (Fsp3) is 0.786. The number of rotatable bonds is 3. The molecule has 4 nitrogen and oxygen atoms in total. The maximum atomic E-state index is 5.64. The van der Waals surface area contributed by atoms with E-state index in [2.05, 4.69) is 22.2 Å². The Morgan fingerprint density at radius 1 is 1.39 bits per heavy atom. The van der Waals surface area contributed by atoms with Gasteiger partial charge in [-0.15, -0.1) is 0 Å². The lowest BCUT2D eigenvalue weighted by Gasteiger charge is -2.48. The van der Waals surface area contributed by atoms with Gasteiger partial charge in [-0.3, -0.25) is 4.90 Å². The zero-order valence-corrected chi connectivity index (χ0v) is 11.4. The summed E-state index contributed by atoms with van der Waals surface area (Å²) in [4.78, 5) is 6.98. The van der Waals surface area contributed by atoms with Gasteiger partial charge in [0.25, 0.3) is 0 Å². The second-order valence-corrected chi connectivity index (χ2v) is 5.73. The smallest absolute Gasteiger partial charge is 0.208 e. The lowest BCUT2D eigenvalue weighted by Crippen LogP contribution is -2.55. The summed E-state index contributed by atoms with van der Waals surface area (Å²) in [7, 11) is 2.09. The molecule has 2 unspecified atom stereocenters. The largest absolute Gasteiger partial charge is 0.445 e. The van der Waals surface area contributed by atoms with E-state index in [1.165, 1.54) is 32.1 Å². The highest BCUT2D eigenvalue weighted by Gasteiger charge is 2.38. The molecule has 2 bridgehead atoms. The topological polar surface area (TPSA) is 41.3 Å². The molecule has 4 heteroatoms. The van der Waals surface area contributed by atoms with E-state index in [1.807, 2.05) is 13.1 Å². The summed E-state index contributed by atoms with van der Waals surface area (Å²) in [6.45, 7) is 2.85. The quantitative estimate of drug-likeness (QED) is 0.890. The minimum absolute atomic E-state index is 0.697. The molecule has 2 aliphatic rings. The molecule has 1 aromatic heterocycles. The summed E-state index contributed by atoms with van der Waals surface area (Å²) in [5.41, 5.74) is 0. The van der Waals surface area contributed by atoms with Gasteiger partial charge in [0.15, 0.2) is 0 Å². The van der Waals surface area contributed by atoms with Gasteiger partial charge in [0.2, 0.25) is 5.89 Å². The second kappa shape index (κ2) is 5.02. The van der Waals surface area contributed by atoms with Crippen LogP contribution >= 0.6 is 0 Å². The number of hydrogen-bond donors (Lipinski definition) is 1. The van der Waals surface area contributed by atoms with E-state index in [0.29, 0.717) is 18.1 Å². The first kappa shape index (κ1) is 12.2. The highest BCUT2D eigenvalue weighted by molar-refractivity contribution is 4.98. The van der Waals surface area contributed by atoms with Crippen molar-refractivity contribution in [2.45, 2.75) is 63.7 Å². The summed E-state index contributed by atoms with van der Waals surface area (Å²) in [5, 5.41) is 3.46. The number of nitrogens with one attached hydrogen (secondary N) is 1. The van der Waals surface area contributed by atoms with Crippen LogP contribution < -0.4 is 5.32 Å². The van der Waals surface area contributed by atoms with Crippen LogP contribution in [0.3, 0.4) is 0 Å². The van der Waals surface area contributed by atoms with Crippen LogP contribution in [-0.2, 0) is 6.54 Å². The average Bonchev–Trinajstić information content (AvgIpc) is 2.74. The van der Waals surface area contributed by atoms with Crippen molar-refractivity contribution in [3.8, 4) is 0 Å². The molecule has 18 heavy (non-hydrogen) atoms. The second-order valence-electron chi connectivity index (χ2n) is 5.73. The summed E-state index contributed by atoms with van der Waals surface area (Å²) in [6.07, 6.45) is 8.40. The SMILES string of the molecule is CNC1CC2CCCC(C1)N2Cc1ncc(C)o1. The van der Waals surface area contributed by atoms with E-state index in [1.54, 1.807) is 0 Å². The van der Waals surface area contributed by atoms with Gasteiger partial charge in [0, 0.05) is 18.1 Å². The van der Waals surface area contributed by atoms with Crippen molar-refractivity contribution in [2.75, 3.05) is 7.05 Å². The van der Waals surface area contributed by atoms with E-state index >= 15 is 0 Å². The molecule has 0 aromatic carbocycles. The fourth-order valence-electron chi connectivity index (χ4n) is 3.60. The Kier molecular flexibility index (Phi) is 3.39. The van der Waals surface area contributed by atoms with Crippen LogP contribution in [0, 0.1) is 6.92 Å². The predicted molar refractivity (Wildman–Crippen MR) is 70.3 cm³/mol. The Hall–Kier alpha value is -0.870. The summed E-state index contributed by atoms with van der Waals surface area (Å²) >= 11 is 0. The van der Waals surface area contributed by atoms with Crippen molar-refractivity contribution in [3.63, 3.8) is 0 Å². The first-order valence-electron chi connectivity index (χ1n) is 7.10. The lowest BCUT2D eigenvalue weighted by atomic mass is 9.82. The molecule has 2 atom stereocenters. The van der Waals surface area contributed by atoms with Gasteiger partial charge in [-0.25, -0.2) is 4.98 Å². The molecule has 2 aliphatic heterocycles. The van der Waals surface area contributed by atoms with Crippen molar-refractivity contribution in [2.24, 2.45) is 0 Å².